The number of fused-ring (bicyclic) bond motifs is 1. The number of aromatic hydroxyl groups is 1. The van der Waals surface area contributed by atoms with Crippen molar-refractivity contribution >= 4 is 17.8 Å². The third-order valence-corrected chi connectivity index (χ3v) is 5.19. The highest BCUT2D eigenvalue weighted by Gasteiger charge is 2.20. The summed E-state index contributed by atoms with van der Waals surface area (Å²) in [5.74, 6) is -0.419. The van der Waals surface area contributed by atoms with Crippen LogP contribution in [0.2, 0.25) is 0 Å². The maximum absolute atomic E-state index is 12.7. The summed E-state index contributed by atoms with van der Waals surface area (Å²) >= 11 is 0. The molecule has 0 saturated carbocycles. The van der Waals surface area contributed by atoms with E-state index in [0.29, 0.717) is 17.7 Å². The largest absolute Gasteiger partial charge is 0.507 e. The number of ether oxygens (including phenoxy) is 3. The molecule has 0 amide bonds. The SMILES string of the molecule is COc1ccc(COc2cc(O)c3c(c2)/C=C/CC[C@H](O)C(=O)/C=C\[C@@H](C)COC3=O)cc1. The summed E-state index contributed by atoms with van der Waals surface area (Å²) < 4.78 is 16.3. The molecule has 2 N–H and O–H groups in total. The Labute approximate surface area is 192 Å². The molecule has 7 nitrogen and oxygen atoms in total. The van der Waals surface area contributed by atoms with Crippen molar-refractivity contribution < 1.29 is 34.0 Å². The number of methoxy groups -OCH3 is 1. The highest BCUT2D eigenvalue weighted by molar-refractivity contribution is 5.97. The van der Waals surface area contributed by atoms with E-state index in [9.17, 15) is 19.8 Å². The van der Waals surface area contributed by atoms with E-state index in [1.54, 1.807) is 38.3 Å². The zero-order valence-electron chi connectivity index (χ0n) is 18.7. The number of aliphatic hydroxyl groups excluding tert-OH is 1. The van der Waals surface area contributed by atoms with Gasteiger partial charge in [0, 0.05) is 12.0 Å². The first-order valence-corrected chi connectivity index (χ1v) is 10.7. The van der Waals surface area contributed by atoms with Gasteiger partial charge in [-0.15, -0.1) is 0 Å². The summed E-state index contributed by atoms with van der Waals surface area (Å²) in [7, 11) is 1.60. The molecule has 0 saturated heterocycles. The molecular formula is C26H28O7. The highest BCUT2D eigenvalue weighted by atomic mass is 16.5. The van der Waals surface area contributed by atoms with Crippen molar-refractivity contribution in [3.05, 3.63) is 71.3 Å². The highest BCUT2D eigenvalue weighted by Crippen LogP contribution is 2.31. The van der Waals surface area contributed by atoms with Crippen molar-refractivity contribution in [2.24, 2.45) is 5.92 Å². The number of carbonyl (C=O) groups excluding carboxylic acids is 2. The summed E-state index contributed by atoms with van der Waals surface area (Å²) in [5.41, 5.74) is 1.37. The predicted molar refractivity (Wildman–Crippen MR) is 123 cm³/mol. The van der Waals surface area contributed by atoms with Crippen LogP contribution in [-0.4, -0.2) is 41.8 Å². The number of allylic oxidation sites excluding steroid dienone is 1. The molecule has 0 unspecified atom stereocenters. The van der Waals surface area contributed by atoms with Gasteiger partial charge >= 0.3 is 5.97 Å². The molecule has 2 aromatic rings. The summed E-state index contributed by atoms with van der Waals surface area (Å²) in [5, 5.41) is 20.6. The second-order valence-corrected chi connectivity index (χ2v) is 7.88. The number of cyclic esters (lactones) is 1. The van der Waals surface area contributed by atoms with E-state index in [1.807, 2.05) is 24.3 Å². The van der Waals surface area contributed by atoms with Crippen LogP contribution < -0.4 is 9.47 Å². The van der Waals surface area contributed by atoms with E-state index in [4.69, 9.17) is 14.2 Å². The molecular weight excluding hydrogens is 424 g/mol. The summed E-state index contributed by atoms with van der Waals surface area (Å²) in [4.78, 5) is 24.7. The standard InChI is InChI=1S/C26H28O7/c1-17-7-12-23(28)22(27)6-4-3-5-19-13-21(14-24(29)25(19)26(30)33-15-17)32-16-18-8-10-20(31-2)11-9-18/h3,5,7-14,17,22,27,29H,4,6,15-16H2,1-2H3/b5-3+,12-7-/t17-,22+/m1/s1. The van der Waals surface area contributed by atoms with Crippen molar-refractivity contribution in [2.75, 3.05) is 13.7 Å². The number of phenolic OH excluding ortho intramolecular Hbond substituents is 1. The molecule has 0 fully saturated rings. The van der Waals surface area contributed by atoms with Crippen LogP contribution in [0, 0.1) is 5.92 Å². The molecule has 2 aromatic carbocycles. The van der Waals surface area contributed by atoms with Gasteiger partial charge in [-0.1, -0.05) is 37.3 Å². The fourth-order valence-corrected chi connectivity index (χ4v) is 3.26. The zero-order valence-corrected chi connectivity index (χ0v) is 18.7. The molecule has 2 atom stereocenters. The third-order valence-electron chi connectivity index (χ3n) is 5.19. The fourth-order valence-electron chi connectivity index (χ4n) is 3.26. The van der Waals surface area contributed by atoms with Crippen LogP contribution in [0.25, 0.3) is 6.08 Å². The number of phenols is 1. The topological polar surface area (TPSA) is 102 Å². The van der Waals surface area contributed by atoms with Crippen LogP contribution in [0.3, 0.4) is 0 Å². The Morgan fingerprint density at radius 2 is 1.85 bits per heavy atom. The molecule has 0 aromatic heterocycles. The fraction of sp³-hybridized carbons (Fsp3) is 0.308. The molecule has 0 radical (unpaired) electrons. The molecule has 33 heavy (non-hydrogen) atoms. The number of benzene rings is 2. The van der Waals surface area contributed by atoms with Crippen LogP contribution in [0.15, 0.2) is 54.6 Å². The van der Waals surface area contributed by atoms with E-state index >= 15 is 0 Å². The Morgan fingerprint density at radius 3 is 2.58 bits per heavy atom. The van der Waals surface area contributed by atoms with Gasteiger partial charge in [0.2, 0.25) is 0 Å². The Kier molecular flexibility index (Phi) is 8.27. The van der Waals surface area contributed by atoms with Crippen LogP contribution in [0.1, 0.15) is 41.3 Å². The second-order valence-electron chi connectivity index (χ2n) is 7.88. The Hall–Kier alpha value is -3.58. The van der Waals surface area contributed by atoms with Gasteiger partial charge in [-0.05, 0) is 48.2 Å². The molecule has 0 spiro atoms. The van der Waals surface area contributed by atoms with Crippen LogP contribution in [-0.2, 0) is 16.1 Å². The van der Waals surface area contributed by atoms with Crippen LogP contribution in [0.4, 0.5) is 0 Å². The Bertz CT molecular complexity index is 1040. The van der Waals surface area contributed by atoms with Crippen LogP contribution >= 0.6 is 0 Å². The Balaban J connectivity index is 1.84. The number of hydrogen-bond acceptors (Lipinski definition) is 7. The number of hydrogen-bond donors (Lipinski definition) is 2. The van der Waals surface area contributed by atoms with Crippen molar-refractivity contribution in [2.45, 2.75) is 32.5 Å². The number of ketones is 1. The minimum absolute atomic E-state index is 0.0248. The lowest BCUT2D eigenvalue weighted by Crippen LogP contribution is -2.18. The predicted octanol–water partition coefficient (Wildman–Crippen LogP) is 4.07. The normalized spacial score (nSPS) is 21.3. The lowest BCUT2D eigenvalue weighted by Gasteiger charge is -2.14. The smallest absolute Gasteiger partial charge is 0.342 e. The monoisotopic (exact) mass is 452 g/mol. The van der Waals surface area contributed by atoms with Crippen molar-refractivity contribution in [3.8, 4) is 17.2 Å². The molecule has 1 heterocycles. The quantitative estimate of drug-likeness (QED) is 0.674. The van der Waals surface area contributed by atoms with Gasteiger partial charge < -0.3 is 24.4 Å². The molecule has 0 bridgehead atoms. The van der Waals surface area contributed by atoms with Gasteiger partial charge in [-0.3, -0.25) is 4.79 Å². The van der Waals surface area contributed by atoms with Crippen molar-refractivity contribution in [3.63, 3.8) is 0 Å². The van der Waals surface area contributed by atoms with Gasteiger partial charge in [0.15, 0.2) is 5.78 Å². The summed E-state index contributed by atoms with van der Waals surface area (Å²) in [6, 6.07) is 10.4. The van der Waals surface area contributed by atoms with Gasteiger partial charge in [-0.25, -0.2) is 4.79 Å². The molecule has 174 valence electrons. The van der Waals surface area contributed by atoms with Gasteiger partial charge in [0.05, 0.1) is 13.7 Å². The minimum Gasteiger partial charge on any atom is -0.507 e. The summed E-state index contributed by atoms with van der Waals surface area (Å²) in [6.07, 6.45) is 5.84. The molecule has 1 aliphatic heterocycles. The first kappa shape index (κ1) is 24.1. The van der Waals surface area contributed by atoms with E-state index in [2.05, 4.69) is 0 Å². The lowest BCUT2D eigenvalue weighted by atomic mass is 10.0. The second kappa shape index (κ2) is 11.3. The van der Waals surface area contributed by atoms with Gasteiger partial charge in [-0.2, -0.15) is 0 Å². The number of esters is 1. The zero-order chi connectivity index (χ0) is 23.8. The third kappa shape index (κ3) is 6.70. The number of carbonyl (C=O) groups is 2. The maximum Gasteiger partial charge on any atom is 0.342 e. The maximum atomic E-state index is 12.7. The van der Waals surface area contributed by atoms with Crippen LogP contribution in [0.5, 0.6) is 17.2 Å². The number of aliphatic hydroxyl groups is 1. The average molecular weight is 453 g/mol. The molecule has 1 aliphatic rings. The number of rotatable bonds is 4. The summed E-state index contributed by atoms with van der Waals surface area (Å²) in [6.45, 7) is 2.07. The van der Waals surface area contributed by atoms with E-state index < -0.39 is 12.1 Å². The molecule has 3 rings (SSSR count). The van der Waals surface area contributed by atoms with E-state index in [-0.39, 0.29) is 42.6 Å². The first-order chi connectivity index (χ1) is 15.9. The molecule has 0 aliphatic carbocycles. The first-order valence-electron chi connectivity index (χ1n) is 10.7. The van der Waals surface area contributed by atoms with Gasteiger partial charge in [0.1, 0.15) is 35.5 Å². The van der Waals surface area contributed by atoms with E-state index in [1.165, 1.54) is 12.1 Å². The lowest BCUT2D eigenvalue weighted by molar-refractivity contribution is -0.122. The van der Waals surface area contributed by atoms with Gasteiger partial charge in [0.25, 0.3) is 0 Å². The molecule has 7 heteroatoms. The average Bonchev–Trinajstić information content (AvgIpc) is 2.81. The van der Waals surface area contributed by atoms with Crippen molar-refractivity contribution in [1.29, 1.82) is 0 Å². The minimum atomic E-state index is -1.10. The van der Waals surface area contributed by atoms with E-state index in [0.717, 1.165) is 11.3 Å². The Morgan fingerprint density at radius 1 is 1.09 bits per heavy atom. The van der Waals surface area contributed by atoms with Crippen molar-refractivity contribution in [1.82, 2.24) is 0 Å².